The average molecular weight is 398 g/mol. The largest absolute Gasteiger partial charge is 0.496 e. The maximum Gasteiger partial charge on any atom is 0.331 e. The zero-order chi connectivity index (χ0) is 20.4. The Balaban J connectivity index is 1.27. The number of hydrogen-bond donors (Lipinski definition) is 1. The van der Waals surface area contributed by atoms with Crippen molar-refractivity contribution in [3.63, 3.8) is 0 Å². The molecule has 5 heteroatoms. The van der Waals surface area contributed by atoms with Gasteiger partial charge in [-0.3, -0.25) is 4.79 Å². The van der Waals surface area contributed by atoms with E-state index >= 15 is 0 Å². The summed E-state index contributed by atoms with van der Waals surface area (Å²) in [6.07, 6.45) is 10.8. The van der Waals surface area contributed by atoms with Crippen molar-refractivity contribution in [1.82, 2.24) is 5.32 Å². The summed E-state index contributed by atoms with van der Waals surface area (Å²) in [4.78, 5) is 24.4. The number of methoxy groups -OCH3 is 1. The van der Waals surface area contributed by atoms with Gasteiger partial charge in [0.05, 0.1) is 7.11 Å². The van der Waals surface area contributed by atoms with Gasteiger partial charge in [-0.05, 0) is 80.8 Å². The summed E-state index contributed by atoms with van der Waals surface area (Å²) in [5.41, 5.74) is 1.03. The SMILES string of the molecule is COc1ccccc1/C=C/C(=O)OCC(=O)N[C@@H](C)C12CC3CC(CC(C3)C1)C2. The first-order valence-electron chi connectivity index (χ1n) is 10.7. The van der Waals surface area contributed by atoms with E-state index in [2.05, 4.69) is 12.2 Å². The van der Waals surface area contributed by atoms with Crippen molar-refractivity contribution >= 4 is 18.0 Å². The molecule has 5 rings (SSSR count). The van der Waals surface area contributed by atoms with E-state index in [1.165, 1.54) is 44.6 Å². The smallest absolute Gasteiger partial charge is 0.331 e. The summed E-state index contributed by atoms with van der Waals surface area (Å²) < 4.78 is 10.4. The number of esters is 1. The molecule has 4 fully saturated rings. The van der Waals surface area contributed by atoms with Gasteiger partial charge < -0.3 is 14.8 Å². The van der Waals surface area contributed by atoms with Crippen molar-refractivity contribution in [2.24, 2.45) is 23.2 Å². The predicted octanol–water partition coefficient (Wildman–Crippen LogP) is 3.97. The summed E-state index contributed by atoms with van der Waals surface area (Å²) in [5, 5.41) is 3.12. The molecule has 0 saturated heterocycles. The molecule has 0 radical (unpaired) electrons. The number of amides is 1. The number of carbonyl (C=O) groups excluding carboxylic acids is 2. The van der Waals surface area contributed by atoms with E-state index in [1.54, 1.807) is 13.2 Å². The topological polar surface area (TPSA) is 64.6 Å². The Morgan fingerprint density at radius 2 is 1.76 bits per heavy atom. The van der Waals surface area contributed by atoms with E-state index in [-0.39, 0.29) is 24.0 Å². The second-order valence-electron chi connectivity index (χ2n) is 9.25. The van der Waals surface area contributed by atoms with Gasteiger partial charge in [-0.1, -0.05) is 18.2 Å². The Hall–Kier alpha value is -2.30. The molecule has 1 amide bonds. The molecule has 5 nitrogen and oxygen atoms in total. The lowest BCUT2D eigenvalue weighted by Gasteiger charge is -2.59. The van der Waals surface area contributed by atoms with Crippen molar-refractivity contribution in [2.75, 3.05) is 13.7 Å². The molecule has 0 unspecified atom stereocenters. The van der Waals surface area contributed by atoms with Crippen LogP contribution in [-0.4, -0.2) is 31.6 Å². The molecule has 1 aromatic rings. The number of benzene rings is 1. The molecule has 0 spiro atoms. The minimum absolute atomic E-state index is 0.131. The number of carbonyl (C=O) groups is 2. The fourth-order valence-corrected chi connectivity index (χ4v) is 6.29. The highest BCUT2D eigenvalue weighted by atomic mass is 16.5. The number of ether oxygens (including phenoxy) is 2. The summed E-state index contributed by atoms with van der Waals surface area (Å²) >= 11 is 0. The maximum absolute atomic E-state index is 12.4. The van der Waals surface area contributed by atoms with Crippen molar-refractivity contribution in [1.29, 1.82) is 0 Å². The predicted molar refractivity (Wildman–Crippen MR) is 111 cm³/mol. The molecule has 4 saturated carbocycles. The van der Waals surface area contributed by atoms with Crippen LogP contribution in [0.15, 0.2) is 30.3 Å². The second kappa shape index (κ2) is 8.21. The second-order valence-corrected chi connectivity index (χ2v) is 9.25. The van der Waals surface area contributed by atoms with Crippen LogP contribution in [0, 0.1) is 23.2 Å². The molecule has 1 aromatic carbocycles. The fourth-order valence-electron chi connectivity index (χ4n) is 6.29. The molecule has 0 aromatic heterocycles. The molecular formula is C24H31NO4. The molecule has 4 aliphatic rings. The number of para-hydroxylation sites is 1. The minimum atomic E-state index is -0.534. The zero-order valence-corrected chi connectivity index (χ0v) is 17.4. The van der Waals surface area contributed by atoms with Crippen LogP contribution in [0.1, 0.15) is 51.0 Å². The first-order valence-corrected chi connectivity index (χ1v) is 10.7. The lowest BCUT2D eigenvalue weighted by Crippen LogP contribution is -2.56. The molecule has 0 heterocycles. The molecule has 29 heavy (non-hydrogen) atoms. The van der Waals surface area contributed by atoms with Gasteiger partial charge in [-0.2, -0.15) is 0 Å². The van der Waals surface area contributed by atoms with Crippen LogP contribution < -0.4 is 10.1 Å². The average Bonchev–Trinajstić information content (AvgIpc) is 2.70. The van der Waals surface area contributed by atoms with Gasteiger partial charge in [0.2, 0.25) is 0 Å². The van der Waals surface area contributed by atoms with Crippen molar-refractivity contribution in [3.05, 3.63) is 35.9 Å². The molecular weight excluding hydrogens is 366 g/mol. The van der Waals surface area contributed by atoms with E-state index in [0.717, 1.165) is 23.3 Å². The first-order chi connectivity index (χ1) is 14.0. The minimum Gasteiger partial charge on any atom is -0.496 e. The van der Waals surface area contributed by atoms with Crippen LogP contribution in [0.25, 0.3) is 6.08 Å². The van der Waals surface area contributed by atoms with Crippen molar-refractivity contribution < 1.29 is 19.1 Å². The van der Waals surface area contributed by atoms with Gasteiger partial charge in [-0.25, -0.2) is 4.79 Å². The highest BCUT2D eigenvalue weighted by molar-refractivity contribution is 5.89. The Morgan fingerprint density at radius 3 is 2.38 bits per heavy atom. The Labute approximate surface area is 172 Å². The third kappa shape index (κ3) is 4.34. The molecule has 4 aliphatic carbocycles. The highest BCUT2D eigenvalue weighted by Gasteiger charge is 2.53. The van der Waals surface area contributed by atoms with E-state index < -0.39 is 5.97 Å². The molecule has 156 valence electrons. The third-order valence-electron chi connectivity index (χ3n) is 7.27. The first kappa shape index (κ1) is 20.0. The molecule has 0 aliphatic heterocycles. The number of hydrogen-bond acceptors (Lipinski definition) is 4. The van der Waals surface area contributed by atoms with E-state index in [4.69, 9.17) is 9.47 Å². The van der Waals surface area contributed by atoms with Crippen LogP contribution in [0.3, 0.4) is 0 Å². The van der Waals surface area contributed by atoms with Crippen LogP contribution in [-0.2, 0) is 14.3 Å². The Kier molecular flexibility index (Phi) is 5.66. The van der Waals surface area contributed by atoms with E-state index in [1.807, 2.05) is 24.3 Å². The van der Waals surface area contributed by atoms with Crippen LogP contribution in [0.5, 0.6) is 5.75 Å². The van der Waals surface area contributed by atoms with Gasteiger partial charge >= 0.3 is 5.97 Å². The van der Waals surface area contributed by atoms with Gasteiger partial charge in [0, 0.05) is 17.7 Å². The van der Waals surface area contributed by atoms with Gasteiger partial charge in [0.1, 0.15) is 5.75 Å². The fraction of sp³-hybridized carbons (Fsp3) is 0.583. The molecule has 1 atom stereocenters. The van der Waals surface area contributed by atoms with Gasteiger partial charge in [-0.15, -0.1) is 0 Å². The summed E-state index contributed by atoms with van der Waals surface area (Å²) in [7, 11) is 1.58. The Bertz CT molecular complexity index is 765. The Morgan fingerprint density at radius 1 is 1.14 bits per heavy atom. The summed E-state index contributed by atoms with van der Waals surface area (Å²) in [5.74, 6) is 2.47. The highest BCUT2D eigenvalue weighted by Crippen LogP contribution is 2.61. The molecule has 4 bridgehead atoms. The lowest BCUT2D eigenvalue weighted by molar-refractivity contribution is -0.145. The summed E-state index contributed by atoms with van der Waals surface area (Å²) in [6, 6.07) is 7.54. The van der Waals surface area contributed by atoms with Gasteiger partial charge in [0.15, 0.2) is 6.61 Å². The molecule has 1 N–H and O–H groups in total. The van der Waals surface area contributed by atoms with Crippen LogP contribution >= 0.6 is 0 Å². The number of rotatable bonds is 7. The number of nitrogens with one attached hydrogen (secondary N) is 1. The van der Waals surface area contributed by atoms with Crippen LogP contribution in [0.4, 0.5) is 0 Å². The van der Waals surface area contributed by atoms with Crippen molar-refractivity contribution in [2.45, 2.75) is 51.5 Å². The van der Waals surface area contributed by atoms with E-state index in [9.17, 15) is 9.59 Å². The van der Waals surface area contributed by atoms with Crippen LogP contribution in [0.2, 0.25) is 0 Å². The zero-order valence-electron chi connectivity index (χ0n) is 17.4. The summed E-state index contributed by atoms with van der Waals surface area (Å²) in [6.45, 7) is 1.89. The monoisotopic (exact) mass is 397 g/mol. The van der Waals surface area contributed by atoms with Gasteiger partial charge in [0.25, 0.3) is 5.91 Å². The standard InChI is InChI=1S/C24H31NO4/c1-16(24-12-17-9-18(13-24)11-19(10-17)14-24)25-22(26)15-29-23(27)8-7-20-5-3-4-6-21(20)28-2/h3-8,16-19H,9-15H2,1-2H3,(H,25,26)/b8-7+/t16-,17?,18?,19?,24?/m0/s1. The van der Waals surface area contributed by atoms with E-state index in [0.29, 0.717) is 5.75 Å². The van der Waals surface area contributed by atoms with Crippen molar-refractivity contribution in [3.8, 4) is 5.75 Å². The normalized spacial score (nSPS) is 30.9. The third-order valence-corrected chi connectivity index (χ3v) is 7.27. The maximum atomic E-state index is 12.4. The quantitative estimate of drug-likeness (QED) is 0.558. The lowest BCUT2D eigenvalue weighted by atomic mass is 9.48.